The van der Waals surface area contributed by atoms with E-state index in [0.29, 0.717) is 17.2 Å². The molecule has 0 atom stereocenters. The SMILES string of the molecule is COc1ccc(N(C)S(=O)(=O)c2cc(Cl)ccc2Cl)cc1OC. The normalized spacial score (nSPS) is 11.2. The molecule has 0 aliphatic rings. The van der Waals surface area contributed by atoms with Gasteiger partial charge >= 0.3 is 0 Å². The van der Waals surface area contributed by atoms with Gasteiger partial charge in [0.05, 0.1) is 24.9 Å². The Labute approximate surface area is 145 Å². The molecular formula is C15H15Cl2NO4S. The average molecular weight is 376 g/mol. The monoisotopic (exact) mass is 375 g/mol. The Morgan fingerprint density at radius 2 is 1.61 bits per heavy atom. The van der Waals surface area contributed by atoms with E-state index in [1.807, 2.05) is 0 Å². The lowest BCUT2D eigenvalue weighted by molar-refractivity contribution is 0.355. The van der Waals surface area contributed by atoms with Crippen LogP contribution in [0.4, 0.5) is 5.69 Å². The summed E-state index contributed by atoms with van der Waals surface area (Å²) < 4.78 is 37.0. The number of sulfonamides is 1. The van der Waals surface area contributed by atoms with E-state index in [-0.39, 0.29) is 14.9 Å². The van der Waals surface area contributed by atoms with Crippen LogP contribution in [0.15, 0.2) is 41.3 Å². The molecule has 23 heavy (non-hydrogen) atoms. The molecule has 2 aromatic carbocycles. The van der Waals surface area contributed by atoms with Gasteiger partial charge in [-0.2, -0.15) is 0 Å². The van der Waals surface area contributed by atoms with Crippen molar-refractivity contribution in [3.63, 3.8) is 0 Å². The number of ether oxygens (including phenoxy) is 2. The molecule has 0 saturated heterocycles. The summed E-state index contributed by atoms with van der Waals surface area (Å²) in [5, 5.41) is 0.385. The Balaban J connectivity index is 2.50. The van der Waals surface area contributed by atoms with Crippen molar-refractivity contribution in [2.75, 3.05) is 25.6 Å². The number of benzene rings is 2. The van der Waals surface area contributed by atoms with Crippen LogP contribution >= 0.6 is 23.2 Å². The van der Waals surface area contributed by atoms with E-state index < -0.39 is 10.0 Å². The molecule has 8 heteroatoms. The maximum Gasteiger partial charge on any atom is 0.265 e. The summed E-state index contributed by atoms with van der Waals surface area (Å²) in [5.41, 5.74) is 0.402. The Morgan fingerprint density at radius 3 is 2.22 bits per heavy atom. The van der Waals surface area contributed by atoms with Crippen molar-refractivity contribution in [3.05, 3.63) is 46.4 Å². The molecule has 0 bridgehead atoms. The second kappa shape index (κ2) is 6.86. The van der Waals surface area contributed by atoms with Crippen LogP contribution in [0.25, 0.3) is 0 Å². The highest BCUT2D eigenvalue weighted by atomic mass is 35.5. The molecule has 0 aliphatic carbocycles. The number of halogens is 2. The van der Waals surface area contributed by atoms with E-state index in [1.54, 1.807) is 18.2 Å². The molecule has 2 rings (SSSR count). The van der Waals surface area contributed by atoms with Gasteiger partial charge < -0.3 is 9.47 Å². The lowest BCUT2D eigenvalue weighted by atomic mass is 10.3. The van der Waals surface area contributed by atoms with Crippen LogP contribution in [0.5, 0.6) is 11.5 Å². The first-order valence-corrected chi connectivity index (χ1v) is 8.67. The Bertz CT molecular complexity index is 824. The maximum atomic E-state index is 12.8. The van der Waals surface area contributed by atoms with Crippen LogP contribution in [0.2, 0.25) is 10.0 Å². The van der Waals surface area contributed by atoms with Gasteiger partial charge in [0.1, 0.15) is 4.90 Å². The van der Waals surface area contributed by atoms with Gasteiger partial charge in [0, 0.05) is 18.1 Å². The third-order valence-corrected chi connectivity index (χ3v) is 5.76. The summed E-state index contributed by atoms with van der Waals surface area (Å²) in [5.74, 6) is 0.923. The first kappa shape index (κ1) is 17.7. The first-order chi connectivity index (χ1) is 10.8. The third kappa shape index (κ3) is 3.49. The summed E-state index contributed by atoms with van der Waals surface area (Å²) in [6.45, 7) is 0. The van der Waals surface area contributed by atoms with Gasteiger partial charge in [0.25, 0.3) is 10.0 Å². The van der Waals surface area contributed by atoms with Crippen LogP contribution in [-0.2, 0) is 10.0 Å². The van der Waals surface area contributed by atoms with Crippen LogP contribution in [0.1, 0.15) is 0 Å². The molecule has 0 radical (unpaired) electrons. The molecule has 0 heterocycles. The second-order valence-electron chi connectivity index (χ2n) is 4.59. The van der Waals surface area contributed by atoms with Crippen LogP contribution in [0.3, 0.4) is 0 Å². The average Bonchev–Trinajstić information content (AvgIpc) is 2.55. The van der Waals surface area contributed by atoms with Crippen molar-refractivity contribution in [2.24, 2.45) is 0 Å². The molecule has 0 amide bonds. The summed E-state index contributed by atoms with van der Waals surface area (Å²) >= 11 is 11.9. The zero-order valence-corrected chi connectivity index (χ0v) is 15.0. The molecule has 2 aromatic rings. The smallest absolute Gasteiger partial charge is 0.265 e. The summed E-state index contributed by atoms with van der Waals surface area (Å²) in [4.78, 5) is -0.0658. The minimum Gasteiger partial charge on any atom is -0.493 e. The zero-order valence-electron chi connectivity index (χ0n) is 12.7. The van der Waals surface area contributed by atoms with E-state index in [2.05, 4.69) is 0 Å². The maximum absolute atomic E-state index is 12.8. The van der Waals surface area contributed by atoms with Gasteiger partial charge in [-0.1, -0.05) is 23.2 Å². The largest absolute Gasteiger partial charge is 0.493 e. The molecule has 0 aromatic heterocycles. The van der Waals surface area contributed by atoms with Crippen molar-refractivity contribution >= 4 is 38.9 Å². The van der Waals surface area contributed by atoms with Crippen molar-refractivity contribution in [1.29, 1.82) is 0 Å². The fourth-order valence-corrected chi connectivity index (χ4v) is 3.91. The summed E-state index contributed by atoms with van der Waals surface area (Å²) in [6, 6.07) is 9.08. The van der Waals surface area contributed by atoms with Crippen molar-refractivity contribution in [2.45, 2.75) is 4.90 Å². The van der Waals surface area contributed by atoms with Crippen molar-refractivity contribution in [3.8, 4) is 11.5 Å². The lowest BCUT2D eigenvalue weighted by Crippen LogP contribution is -2.26. The van der Waals surface area contributed by atoms with Gasteiger partial charge in [-0.25, -0.2) is 8.42 Å². The number of hydrogen-bond acceptors (Lipinski definition) is 4. The van der Waals surface area contributed by atoms with Gasteiger partial charge in [0.15, 0.2) is 11.5 Å². The van der Waals surface area contributed by atoms with E-state index in [1.165, 1.54) is 39.5 Å². The van der Waals surface area contributed by atoms with E-state index >= 15 is 0 Å². The van der Waals surface area contributed by atoms with Gasteiger partial charge in [0.2, 0.25) is 0 Å². The minimum absolute atomic E-state index is 0.0658. The highest BCUT2D eigenvalue weighted by Gasteiger charge is 2.25. The molecule has 0 N–H and O–H groups in total. The third-order valence-electron chi connectivity index (χ3n) is 3.26. The quantitative estimate of drug-likeness (QED) is 0.796. The fraction of sp³-hybridized carbons (Fsp3) is 0.200. The van der Waals surface area contributed by atoms with Gasteiger partial charge in [-0.3, -0.25) is 4.31 Å². The van der Waals surface area contributed by atoms with Crippen molar-refractivity contribution < 1.29 is 17.9 Å². The van der Waals surface area contributed by atoms with E-state index in [9.17, 15) is 8.42 Å². The van der Waals surface area contributed by atoms with Crippen LogP contribution in [0, 0.1) is 0 Å². The van der Waals surface area contributed by atoms with Gasteiger partial charge in [-0.05, 0) is 30.3 Å². The molecule has 124 valence electrons. The Hall–Kier alpha value is -1.63. The summed E-state index contributed by atoms with van der Waals surface area (Å²) in [6.07, 6.45) is 0. The first-order valence-electron chi connectivity index (χ1n) is 6.47. The van der Waals surface area contributed by atoms with E-state index in [4.69, 9.17) is 32.7 Å². The molecular weight excluding hydrogens is 361 g/mol. The summed E-state index contributed by atoms with van der Waals surface area (Å²) in [7, 11) is 0.535. The van der Waals surface area contributed by atoms with Gasteiger partial charge in [-0.15, -0.1) is 0 Å². The van der Waals surface area contributed by atoms with E-state index in [0.717, 1.165) is 4.31 Å². The molecule has 0 fully saturated rings. The molecule has 0 aliphatic heterocycles. The lowest BCUT2D eigenvalue weighted by Gasteiger charge is -2.21. The van der Waals surface area contributed by atoms with Crippen LogP contribution in [-0.4, -0.2) is 29.7 Å². The fourth-order valence-electron chi connectivity index (χ4n) is 1.98. The zero-order chi connectivity index (χ0) is 17.2. The topological polar surface area (TPSA) is 55.8 Å². The second-order valence-corrected chi connectivity index (χ2v) is 7.37. The predicted octanol–water partition coefficient (Wildman–Crippen LogP) is 3.84. The Morgan fingerprint density at radius 1 is 0.957 bits per heavy atom. The molecule has 0 spiro atoms. The Kier molecular flexibility index (Phi) is 5.29. The minimum atomic E-state index is -3.87. The number of hydrogen-bond donors (Lipinski definition) is 0. The predicted molar refractivity (Wildman–Crippen MR) is 91.6 cm³/mol. The molecule has 0 unspecified atom stereocenters. The number of nitrogens with zero attached hydrogens (tertiary/aromatic N) is 1. The standard InChI is InChI=1S/C15H15Cl2NO4S/c1-18(11-5-7-13(21-2)14(9-11)22-3)23(19,20)15-8-10(16)4-6-12(15)17/h4-9H,1-3H3. The van der Waals surface area contributed by atoms with Crippen molar-refractivity contribution in [1.82, 2.24) is 0 Å². The highest BCUT2D eigenvalue weighted by Crippen LogP contribution is 2.34. The molecule has 0 saturated carbocycles. The molecule has 5 nitrogen and oxygen atoms in total. The number of methoxy groups -OCH3 is 2. The van der Waals surface area contributed by atoms with Crippen LogP contribution < -0.4 is 13.8 Å². The number of anilines is 1. The highest BCUT2D eigenvalue weighted by molar-refractivity contribution is 7.93. The number of rotatable bonds is 5.